The van der Waals surface area contributed by atoms with Gasteiger partial charge in [0.2, 0.25) is 5.91 Å². The first-order valence-electron chi connectivity index (χ1n) is 7.10. The van der Waals surface area contributed by atoms with Gasteiger partial charge in [-0.1, -0.05) is 26.8 Å². The molecule has 0 fully saturated rings. The molecule has 1 amide bonds. The van der Waals surface area contributed by atoms with E-state index >= 15 is 0 Å². The van der Waals surface area contributed by atoms with Gasteiger partial charge in [0.25, 0.3) is 0 Å². The molecule has 3 nitrogen and oxygen atoms in total. The highest BCUT2D eigenvalue weighted by atomic mass is 19.1. The highest BCUT2D eigenvalue weighted by molar-refractivity contribution is 5.79. The molecule has 5 heteroatoms. The van der Waals surface area contributed by atoms with Crippen molar-refractivity contribution in [3.05, 3.63) is 35.4 Å². The van der Waals surface area contributed by atoms with Crippen LogP contribution in [-0.2, 0) is 4.79 Å². The standard InChI is InChI=1S/C16H24F2N2O/c1-10(14-12(17)6-5-7-13(14)18)20-15(21)11(9-19)8-16(2,3)4/h5-7,10-11H,8-9,19H2,1-4H3,(H,20,21). The van der Waals surface area contributed by atoms with Crippen LogP contribution in [0, 0.1) is 23.0 Å². The van der Waals surface area contributed by atoms with Gasteiger partial charge >= 0.3 is 0 Å². The summed E-state index contributed by atoms with van der Waals surface area (Å²) in [6, 6.07) is 2.91. The summed E-state index contributed by atoms with van der Waals surface area (Å²) in [5.41, 5.74) is 5.47. The van der Waals surface area contributed by atoms with Crippen molar-refractivity contribution in [3.63, 3.8) is 0 Å². The molecule has 2 unspecified atom stereocenters. The predicted octanol–water partition coefficient (Wildman–Crippen LogP) is 3.15. The summed E-state index contributed by atoms with van der Waals surface area (Å²) in [5, 5.41) is 2.65. The molecule has 3 N–H and O–H groups in total. The fourth-order valence-corrected chi connectivity index (χ4v) is 2.35. The Bertz CT molecular complexity index is 477. The highest BCUT2D eigenvalue weighted by Crippen LogP contribution is 2.25. The van der Waals surface area contributed by atoms with Crippen molar-refractivity contribution in [1.82, 2.24) is 5.32 Å². The van der Waals surface area contributed by atoms with Gasteiger partial charge in [-0.25, -0.2) is 8.78 Å². The van der Waals surface area contributed by atoms with E-state index in [0.717, 1.165) is 0 Å². The number of carbonyl (C=O) groups is 1. The Morgan fingerprint density at radius 1 is 1.29 bits per heavy atom. The summed E-state index contributed by atoms with van der Waals surface area (Å²) in [5.74, 6) is -1.98. The molecule has 0 aliphatic heterocycles. The number of nitrogens with two attached hydrogens (primary N) is 1. The predicted molar refractivity (Wildman–Crippen MR) is 79.5 cm³/mol. The molecule has 1 rings (SSSR count). The number of carbonyl (C=O) groups excluding carboxylic acids is 1. The zero-order valence-corrected chi connectivity index (χ0v) is 13.0. The average Bonchev–Trinajstić information content (AvgIpc) is 2.34. The molecule has 118 valence electrons. The molecule has 2 atom stereocenters. The van der Waals surface area contributed by atoms with Crippen LogP contribution >= 0.6 is 0 Å². The maximum atomic E-state index is 13.7. The van der Waals surface area contributed by atoms with Crippen LogP contribution in [0.4, 0.5) is 8.78 Å². The summed E-state index contributed by atoms with van der Waals surface area (Å²) in [6.45, 7) is 7.81. The van der Waals surface area contributed by atoms with Crippen LogP contribution < -0.4 is 11.1 Å². The number of rotatable bonds is 5. The zero-order valence-electron chi connectivity index (χ0n) is 13.0. The fraction of sp³-hybridized carbons (Fsp3) is 0.562. The van der Waals surface area contributed by atoms with Crippen LogP contribution in [0.15, 0.2) is 18.2 Å². The van der Waals surface area contributed by atoms with Gasteiger partial charge in [-0.3, -0.25) is 4.79 Å². The van der Waals surface area contributed by atoms with Crippen molar-refractivity contribution in [2.24, 2.45) is 17.1 Å². The molecule has 1 aromatic rings. The second-order valence-corrected chi connectivity index (χ2v) is 6.56. The lowest BCUT2D eigenvalue weighted by atomic mass is 9.84. The largest absolute Gasteiger partial charge is 0.349 e. The van der Waals surface area contributed by atoms with E-state index in [1.807, 2.05) is 20.8 Å². The van der Waals surface area contributed by atoms with Gasteiger partial charge in [-0.15, -0.1) is 0 Å². The lowest BCUT2D eigenvalue weighted by Crippen LogP contribution is -2.38. The van der Waals surface area contributed by atoms with Crippen LogP contribution in [0.1, 0.15) is 45.7 Å². The van der Waals surface area contributed by atoms with E-state index in [4.69, 9.17) is 5.73 Å². The van der Waals surface area contributed by atoms with Gasteiger partial charge in [0.05, 0.1) is 12.0 Å². The van der Waals surface area contributed by atoms with Crippen molar-refractivity contribution >= 4 is 5.91 Å². The summed E-state index contributed by atoms with van der Waals surface area (Å²) in [7, 11) is 0. The molecule has 0 radical (unpaired) electrons. The Labute approximate surface area is 124 Å². The Morgan fingerprint density at radius 2 is 1.81 bits per heavy atom. The molecule has 1 aromatic carbocycles. The number of benzene rings is 1. The van der Waals surface area contributed by atoms with Gasteiger partial charge in [-0.05, 0) is 30.9 Å². The van der Waals surface area contributed by atoms with E-state index < -0.39 is 17.7 Å². The van der Waals surface area contributed by atoms with E-state index in [2.05, 4.69) is 5.32 Å². The molecule has 0 spiro atoms. The minimum absolute atomic E-state index is 0.0478. The van der Waals surface area contributed by atoms with Crippen LogP contribution in [0.25, 0.3) is 0 Å². The topological polar surface area (TPSA) is 55.1 Å². The fourth-order valence-electron chi connectivity index (χ4n) is 2.35. The minimum atomic E-state index is -0.743. The Balaban J connectivity index is 2.82. The number of halogens is 2. The third-order valence-corrected chi connectivity index (χ3v) is 3.31. The van der Waals surface area contributed by atoms with Gasteiger partial charge in [0.1, 0.15) is 11.6 Å². The Kier molecular flexibility index (Phi) is 5.84. The third kappa shape index (κ3) is 5.08. The van der Waals surface area contributed by atoms with Crippen molar-refractivity contribution in [2.45, 2.75) is 40.2 Å². The number of hydrogen-bond donors (Lipinski definition) is 2. The summed E-state index contributed by atoms with van der Waals surface area (Å²) in [6.07, 6.45) is 0.613. The molecular weight excluding hydrogens is 274 g/mol. The van der Waals surface area contributed by atoms with E-state index in [1.165, 1.54) is 18.2 Å². The van der Waals surface area contributed by atoms with E-state index in [-0.39, 0.29) is 29.3 Å². The van der Waals surface area contributed by atoms with Crippen LogP contribution in [0.5, 0.6) is 0 Å². The third-order valence-electron chi connectivity index (χ3n) is 3.31. The molecule has 0 aromatic heterocycles. The molecule has 0 aliphatic rings. The smallest absolute Gasteiger partial charge is 0.224 e. The van der Waals surface area contributed by atoms with Gasteiger partial charge in [0.15, 0.2) is 0 Å². The highest BCUT2D eigenvalue weighted by Gasteiger charge is 2.26. The number of nitrogens with one attached hydrogen (secondary N) is 1. The quantitative estimate of drug-likeness (QED) is 0.877. The van der Waals surface area contributed by atoms with E-state index in [0.29, 0.717) is 6.42 Å². The van der Waals surface area contributed by atoms with Gasteiger partial charge in [-0.2, -0.15) is 0 Å². The number of hydrogen-bond acceptors (Lipinski definition) is 2. The summed E-state index contributed by atoms with van der Waals surface area (Å²) in [4.78, 5) is 12.2. The molecule has 0 saturated heterocycles. The van der Waals surface area contributed by atoms with Crippen molar-refractivity contribution in [3.8, 4) is 0 Å². The minimum Gasteiger partial charge on any atom is -0.349 e. The van der Waals surface area contributed by atoms with Crippen molar-refractivity contribution in [2.75, 3.05) is 6.54 Å². The van der Waals surface area contributed by atoms with E-state index in [9.17, 15) is 13.6 Å². The Morgan fingerprint density at radius 3 is 2.24 bits per heavy atom. The first-order valence-corrected chi connectivity index (χ1v) is 7.10. The second-order valence-electron chi connectivity index (χ2n) is 6.56. The average molecular weight is 298 g/mol. The summed E-state index contributed by atoms with van der Waals surface area (Å²) < 4.78 is 27.4. The lowest BCUT2D eigenvalue weighted by molar-refractivity contribution is -0.126. The molecule has 0 heterocycles. The van der Waals surface area contributed by atoms with E-state index in [1.54, 1.807) is 6.92 Å². The Hall–Kier alpha value is -1.49. The molecular formula is C16H24F2N2O. The van der Waals surface area contributed by atoms with Crippen molar-refractivity contribution < 1.29 is 13.6 Å². The van der Waals surface area contributed by atoms with Crippen LogP contribution in [-0.4, -0.2) is 12.5 Å². The van der Waals surface area contributed by atoms with Gasteiger partial charge < -0.3 is 11.1 Å². The monoisotopic (exact) mass is 298 g/mol. The molecule has 21 heavy (non-hydrogen) atoms. The number of amides is 1. The maximum absolute atomic E-state index is 13.7. The molecule has 0 saturated carbocycles. The normalized spacial score (nSPS) is 14.6. The molecule has 0 bridgehead atoms. The van der Waals surface area contributed by atoms with Crippen LogP contribution in [0.2, 0.25) is 0 Å². The van der Waals surface area contributed by atoms with Crippen LogP contribution in [0.3, 0.4) is 0 Å². The van der Waals surface area contributed by atoms with Gasteiger partial charge in [0, 0.05) is 12.1 Å². The first-order chi connectivity index (χ1) is 9.65. The van der Waals surface area contributed by atoms with Crippen molar-refractivity contribution in [1.29, 1.82) is 0 Å². The second kappa shape index (κ2) is 6.98. The zero-order chi connectivity index (χ0) is 16.2. The maximum Gasteiger partial charge on any atom is 0.224 e. The molecule has 0 aliphatic carbocycles. The first kappa shape index (κ1) is 17.6. The SMILES string of the molecule is CC(NC(=O)C(CN)CC(C)(C)C)c1c(F)cccc1F. The summed E-state index contributed by atoms with van der Waals surface area (Å²) >= 11 is 0. The lowest BCUT2D eigenvalue weighted by Gasteiger charge is -2.26.